The number of nitrogens with two attached hydrogens (primary N) is 2. The second-order valence-electron chi connectivity index (χ2n) is 3.19. The van der Waals surface area contributed by atoms with Crippen molar-refractivity contribution in [3.05, 3.63) is 0 Å². The summed E-state index contributed by atoms with van der Waals surface area (Å²) in [5.74, 6) is 0.155. The standard InChI is InChI=1S/C8H18N2O/c1-4-6(9)8(11)7(10)5(2)3/h5-7H,4,9-10H2,1-3H3/t6?,7-/m0/s1. The van der Waals surface area contributed by atoms with E-state index in [0.29, 0.717) is 6.42 Å². The Kier molecular flexibility index (Phi) is 4.30. The summed E-state index contributed by atoms with van der Waals surface area (Å²) in [6.45, 7) is 5.73. The van der Waals surface area contributed by atoms with Crippen LogP contribution in [0.1, 0.15) is 27.2 Å². The van der Waals surface area contributed by atoms with Gasteiger partial charge in [-0.05, 0) is 12.3 Å². The molecule has 0 amide bonds. The van der Waals surface area contributed by atoms with Crippen LogP contribution in [0.3, 0.4) is 0 Å². The van der Waals surface area contributed by atoms with Gasteiger partial charge in [0.2, 0.25) is 0 Å². The Balaban J connectivity index is 4.02. The van der Waals surface area contributed by atoms with Crippen LogP contribution in [0.5, 0.6) is 0 Å². The highest BCUT2D eigenvalue weighted by atomic mass is 16.1. The fraction of sp³-hybridized carbons (Fsp3) is 0.875. The highest BCUT2D eigenvalue weighted by Gasteiger charge is 2.21. The van der Waals surface area contributed by atoms with Crippen LogP contribution in [-0.4, -0.2) is 17.9 Å². The topological polar surface area (TPSA) is 69.1 Å². The molecule has 66 valence electrons. The highest BCUT2D eigenvalue weighted by Crippen LogP contribution is 2.02. The minimum atomic E-state index is -0.398. The lowest BCUT2D eigenvalue weighted by Gasteiger charge is -2.17. The second kappa shape index (κ2) is 4.46. The molecule has 0 aliphatic rings. The van der Waals surface area contributed by atoms with E-state index in [-0.39, 0.29) is 17.7 Å². The van der Waals surface area contributed by atoms with E-state index >= 15 is 0 Å². The third kappa shape index (κ3) is 2.99. The van der Waals surface area contributed by atoms with Crippen molar-refractivity contribution < 1.29 is 4.79 Å². The minimum absolute atomic E-state index is 0.0255. The molecule has 0 aromatic heterocycles. The number of hydrogen-bond donors (Lipinski definition) is 2. The Labute approximate surface area is 68.1 Å². The lowest BCUT2D eigenvalue weighted by Crippen LogP contribution is -2.45. The lowest BCUT2D eigenvalue weighted by atomic mass is 9.95. The quantitative estimate of drug-likeness (QED) is 0.617. The Bertz CT molecular complexity index is 134. The molecule has 0 aromatic carbocycles. The molecule has 0 bridgehead atoms. The SMILES string of the molecule is CCC(N)C(=O)[C@@H](N)C(C)C. The van der Waals surface area contributed by atoms with Crippen molar-refractivity contribution >= 4 is 5.78 Å². The van der Waals surface area contributed by atoms with Crippen LogP contribution in [0.4, 0.5) is 0 Å². The molecule has 0 aliphatic heterocycles. The van der Waals surface area contributed by atoms with Gasteiger partial charge in [-0.1, -0.05) is 20.8 Å². The molecule has 0 fully saturated rings. The van der Waals surface area contributed by atoms with E-state index in [9.17, 15) is 4.79 Å². The van der Waals surface area contributed by atoms with E-state index in [4.69, 9.17) is 11.5 Å². The molecule has 0 aromatic rings. The van der Waals surface area contributed by atoms with E-state index in [1.807, 2.05) is 20.8 Å². The predicted molar refractivity (Wildman–Crippen MR) is 46.1 cm³/mol. The number of ketones is 1. The molecule has 0 spiro atoms. The van der Waals surface area contributed by atoms with Gasteiger partial charge in [0.1, 0.15) is 0 Å². The van der Waals surface area contributed by atoms with E-state index in [1.165, 1.54) is 0 Å². The first-order chi connectivity index (χ1) is 5.00. The highest BCUT2D eigenvalue weighted by molar-refractivity contribution is 5.88. The van der Waals surface area contributed by atoms with Crippen molar-refractivity contribution in [3.63, 3.8) is 0 Å². The molecule has 0 radical (unpaired) electrons. The molecule has 2 atom stereocenters. The molecule has 3 nitrogen and oxygen atoms in total. The van der Waals surface area contributed by atoms with Crippen molar-refractivity contribution in [2.45, 2.75) is 39.3 Å². The fourth-order valence-corrected chi connectivity index (χ4v) is 0.777. The normalized spacial score (nSPS) is 16.5. The van der Waals surface area contributed by atoms with E-state index in [2.05, 4.69) is 0 Å². The number of rotatable bonds is 4. The largest absolute Gasteiger partial charge is 0.321 e. The maximum atomic E-state index is 11.3. The van der Waals surface area contributed by atoms with Gasteiger partial charge < -0.3 is 11.5 Å². The van der Waals surface area contributed by atoms with Crippen molar-refractivity contribution in [2.75, 3.05) is 0 Å². The van der Waals surface area contributed by atoms with E-state index in [1.54, 1.807) is 0 Å². The summed E-state index contributed by atoms with van der Waals surface area (Å²) >= 11 is 0. The maximum absolute atomic E-state index is 11.3. The number of Topliss-reactive ketones (excluding diaryl/α,β-unsaturated/α-hetero) is 1. The molecule has 11 heavy (non-hydrogen) atoms. The van der Waals surface area contributed by atoms with E-state index in [0.717, 1.165) is 0 Å². The van der Waals surface area contributed by atoms with Crippen molar-refractivity contribution in [1.29, 1.82) is 0 Å². The summed E-state index contributed by atoms with van der Waals surface area (Å²) in [5, 5.41) is 0. The summed E-state index contributed by atoms with van der Waals surface area (Å²) in [6.07, 6.45) is 0.666. The first-order valence-electron chi connectivity index (χ1n) is 4.05. The maximum Gasteiger partial charge on any atom is 0.166 e. The molecular weight excluding hydrogens is 140 g/mol. The molecule has 3 heteroatoms. The summed E-state index contributed by atoms with van der Waals surface area (Å²) in [5.41, 5.74) is 11.1. The van der Waals surface area contributed by atoms with Crippen molar-refractivity contribution in [3.8, 4) is 0 Å². The zero-order chi connectivity index (χ0) is 9.02. The molecule has 1 unspecified atom stereocenters. The molecule has 4 N–H and O–H groups in total. The van der Waals surface area contributed by atoms with Crippen molar-refractivity contribution in [1.82, 2.24) is 0 Å². The van der Waals surface area contributed by atoms with Gasteiger partial charge in [-0.25, -0.2) is 0 Å². The smallest absolute Gasteiger partial charge is 0.166 e. The first-order valence-corrected chi connectivity index (χ1v) is 4.05. The fourth-order valence-electron chi connectivity index (χ4n) is 0.777. The second-order valence-corrected chi connectivity index (χ2v) is 3.19. The average molecular weight is 158 g/mol. The molecule has 0 saturated carbocycles. The summed E-state index contributed by atoms with van der Waals surface area (Å²) < 4.78 is 0. The zero-order valence-electron chi connectivity index (χ0n) is 7.50. The first kappa shape index (κ1) is 10.6. The molecule has 0 heterocycles. The van der Waals surface area contributed by atoms with Gasteiger partial charge in [-0.3, -0.25) is 4.79 Å². The van der Waals surface area contributed by atoms with E-state index < -0.39 is 6.04 Å². The molecule has 0 aliphatic carbocycles. The zero-order valence-corrected chi connectivity index (χ0v) is 7.50. The van der Waals surface area contributed by atoms with Gasteiger partial charge in [0.15, 0.2) is 5.78 Å². The average Bonchev–Trinajstić information content (AvgIpc) is 2.00. The van der Waals surface area contributed by atoms with Gasteiger partial charge in [0, 0.05) is 0 Å². The Morgan fingerprint density at radius 1 is 1.36 bits per heavy atom. The lowest BCUT2D eigenvalue weighted by molar-refractivity contribution is -0.122. The molecular formula is C8H18N2O. The Morgan fingerprint density at radius 3 is 2.09 bits per heavy atom. The Morgan fingerprint density at radius 2 is 1.82 bits per heavy atom. The van der Waals surface area contributed by atoms with Gasteiger partial charge >= 0.3 is 0 Å². The van der Waals surface area contributed by atoms with Crippen LogP contribution in [0.25, 0.3) is 0 Å². The van der Waals surface area contributed by atoms with Gasteiger partial charge in [0.05, 0.1) is 12.1 Å². The predicted octanol–water partition coefficient (Wildman–Crippen LogP) is 0.276. The minimum Gasteiger partial charge on any atom is -0.321 e. The Hall–Kier alpha value is -0.410. The summed E-state index contributed by atoms with van der Waals surface area (Å²) in [4.78, 5) is 11.3. The van der Waals surface area contributed by atoms with Gasteiger partial charge in [-0.2, -0.15) is 0 Å². The molecule has 0 rings (SSSR count). The summed E-state index contributed by atoms with van der Waals surface area (Å²) in [6, 6.07) is -0.780. The van der Waals surface area contributed by atoms with Crippen LogP contribution in [-0.2, 0) is 4.79 Å². The number of hydrogen-bond acceptors (Lipinski definition) is 3. The van der Waals surface area contributed by atoms with Crippen LogP contribution < -0.4 is 11.5 Å². The van der Waals surface area contributed by atoms with Crippen LogP contribution in [0.15, 0.2) is 0 Å². The molecule has 0 saturated heterocycles. The summed E-state index contributed by atoms with van der Waals surface area (Å²) in [7, 11) is 0. The van der Waals surface area contributed by atoms with Crippen LogP contribution in [0, 0.1) is 5.92 Å². The van der Waals surface area contributed by atoms with Crippen LogP contribution in [0.2, 0.25) is 0 Å². The van der Waals surface area contributed by atoms with Gasteiger partial charge in [-0.15, -0.1) is 0 Å². The third-order valence-electron chi connectivity index (χ3n) is 1.85. The van der Waals surface area contributed by atoms with Gasteiger partial charge in [0.25, 0.3) is 0 Å². The van der Waals surface area contributed by atoms with Crippen LogP contribution >= 0.6 is 0 Å². The van der Waals surface area contributed by atoms with Crippen molar-refractivity contribution in [2.24, 2.45) is 17.4 Å². The third-order valence-corrected chi connectivity index (χ3v) is 1.85. The number of carbonyl (C=O) groups excluding carboxylic acids is 1. The monoisotopic (exact) mass is 158 g/mol. The number of carbonyl (C=O) groups is 1.